The van der Waals surface area contributed by atoms with Crippen LogP contribution in [0.3, 0.4) is 0 Å². The Morgan fingerprint density at radius 3 is 2.00 bits per heavy atom. The molecule has 0 aromatic heterocycles. The van der Waals surface area contributed by atoms with E-state index in [1.165, 1.54) is 12.1 Å². The molecule has 3 aromatic carbocycles. The van der Waals surface area contributed by atoms with Crippen molar-refractivity contribution in [2.75, 3.05) is 9.44 Å². The highest BCUT2D eigenvalue weighted by molar-refractivity contribution is 9.10. The first-order chi connectivity index (χ1) is 14.9. The highest BCUT2D eigenvalue weighted by atomic mass is 79.9. The fourth-order valence-corrected chi connectivity index (χ4v) is 5.70. The smallest absolute Gasteiger partial charge is 0.271 e. The van der Waals surface area contributed by atoms with Crippen LogP contribution < -0.4 is 9.44 Å². The van der Waals surface area contributed by atoms with Gasteiger partial charge in [-0.2, -0.15) is 0 Å². The normalized spacial score (nSPS) is 11.7. The predicted molar refractivity (Wildman–Crippen MR) is 123 cm³/mol. The van der Waals surface area contributed by atoms with E-state index in [-0.39, 0.29) is 15.8 Å². The maximum absolute atomic E-state index is 14.3. The third-order valence-corrected chi connectivity index (χ3v) is 7.69. The molecule has 32 heavy (non-hydrogen) atoms. The molecule has 3 aromatic rings. The van der Waals surface area contributed by atoms with Gasteiger partial charge in [-0.25, -0.2) is 21.2 Å². The van der Waals surface area contributed by atoms with Gasteiger partial charge in [0.25, 0.3) is 25.7 Å². The molecule has 168 valence electrons. The van der Waals surface area contributed by atoms with Gasteiger partial charge >= 0.3 is 0 Å². The minimum Gasteiger partial charge on any atom is -0.280 e. The van der Waals surface area contributed by atoms with Gasteiger partial charge < -0.3 is 0 Å². The summed E-state index contributed by atoms with van der Waals surface area (Å²) in [6, 6.07) is 11.8. The summed E-state index contributed by atoms with van der Waals surface area (Å²) >= 11 is 6.22. The molecule has 0 amide bonds. The van der Waals surface area contributed by atoms with Crippen molar-refractivity contribution in [2.45, 2.75) is 9.79 Å². The lowest BCUT2D eigenvalue weighted by Crippen LogP contribution is -2.17. The Balaban J connectivity index is 1.95. The minimum absolute atomic E-state index is 0.146. The molecule has 3 rings (SSSR count). The number of non-ortho nitro benzene ring substituents is 1. The van der Waals surface area contributed by atoms with Gasteiger partial charge in [0.2, 0.25) is 0 Å². The Hall–Kier alpha value is -2.55. The van der Waals surface area contributed by atoms with E-state index < -0.39 is 46.3 Å². The summed E-state index contributed by atoms with van der Waals surface area (Å²) < 4.78 is 70.1. The van der Waals surface area contributed by atoms with Gasteiger partial charge in [0, 0.05) is 26.8 Å². The van der Waals surface area contributed by atoms with Gasteiger partial charge in [-0.3, -0.25) is 19.6 Å². The largest absolute Gasteiger partial charge is 0.280 e. The maximum Gasteiger partial charge on any atom is 0.271 e. The quantitative estimate of drug-likeness (QED) is 0.290. The fraction of sp³-hybridized carbons (Fsp3) is 0. The number of hydrogen-bond donors (Lipinski definition) is 2. The number of nitro groups is 1. The number of benzene rings is 3. The second-order valence-electron chi connectivity index (χ2n) is 6.27. The van der Waals surface area contributed by atoms with Gasteiger partial charge in [-0.1, -0.05) is 31.9 Å². The zero-order valence-electron chi connectivity index (χ0n) is 15.6. The molecule has 0 aliphatic rings. The van der Waals surface area contributed by atoms with Gasteiger partial charge in [-0.05, 0) is 48.5 Å². The highest BCUT2D eigenvalue weighted by Crippen LogP contribution is 2.28. The highest BCUT2D eigenvalue weighted by Gasteiger charge is 2.23. The van der Waals surface area contributed by atoms with Crippen LogP contribution in [0, 0.1) is 15.9 Å². The molecular formula is C18H12Br2FN3O6S2. The van der Waals surface area contributed by atoms with Crippen molar-refractivity contribution in [3.8, 4) is 0 Å². The molecule has 0 heterocycles. The summed E-state index contributed by atoms with van der Waals surface area (Å²) in [5.74, 6) is -1.10. The molecule has 0 atom stereocenters. The van der Waals surface area contributed by atoms with Crippen LogP contribution in [0.4, 0.5) is 21.5 Å². The first-order valence-electron chi connectivity index (χ1n) is 8.43. The number of rotatable bonds is 7. The Bertz CT molecular complexity index is 1420. The van der Waals surface area contributed by atoms with E-state index in [4.69, 9.17) is 0 Å². The van der Waals surface area contributed by atoms with Crippen molar-refractivity contribution in [2.24, 2.45) is 0 Å². The topological polar surface area (TPSA) is 135 Å². The second kappa shape index (κ2) is 9.13. The lowest BCUT2D eigenvalue weighted by atomic mass is 10.3. The molecule has 0 aliphatic carbocycles. The van der Waals surface area contributed by atoms with Crippen molar-refractivity contribution in [1.29, 1.82) is 0 Å². The van der Waals surface area contributed by atoms with Crippen LogP contribution in [0.1, 0.15) is 0 Å². The van der Waals surface area contributed by atoms with E-state index in [2.05, 4.69) is 41.3 Å². The van der Waals surface area contributed by atoms with Crippen LogP contribution >= 0.6 is 31.9 Å². The first kappa shape index (κ1) is 24.1. The van der Waals surface area contributed by atoms with Crippen LogP contribution in [0.25, 0.3) is 0 Å². The number of anilines is 2. The summed E-state index contributed by atoms with van der Waals surface area (Å²) in [6.07, 6.45) is 0. The molecule has 0 radical (unpaired) electrons. The summed E-state index contributed by atoms with van der Waals surface area (Å²) in [5, 5.41) is 11.0. The van der Waals surface area contributed by atoms with Gasteiger partial charge in [0.1, 0.15) is 10.7 Å². The van der Waals surface area contributed by atoms with E-state index >= 15 is 0 Å². The van der Waals surface area contributed by atoms with E-state index in [9.17, 15) is 31.3 Å². The number of nitro benzene ring substituents is 1. The number of halogens is 3. The summed E-state index contributed by atoms with van der Waals surface area (Å²) in [7, 11) is -8.75. The standard InChI is InChI=1S/C18H12Br2FN3O6S2/c19-11-1-3-13(4-2-11)22-32(29,30)18-9-14(5-6-17(18)21)23-31(27,28)16-8-12(20)7-15(10-16)24(25)26/h1-10,22-23H. The average Bonchev–Trinajstić information content (AvgIpc) is 2.70. The molecule has 14 heteroatoms. The average molecular weight is 609 g/mol. The van der Waals surface area contributed by atoms with E-state index in [1.54, 1.807) is 12.1 Å². The van der Waals surface area contributed by atoms with E-state index in [0.717, 1.165) is 36.4 Å². The Morgan fingerprint density at radius 2 is 1.38 bits per heavy atom. The zero-order valence-corrected chi connectivity index (χ0v) is 20.4. The Labute approximate surface area is 199 Å². The molecule has 0 unspecified atom stereocenters. The molecule has 0 bridgehead atoms. The minimum atomic E-state index is -4.40. The Kier molecular flexibility index (Phi) is 6.88. The van der Waals surface area contributed by atoms with Crippen LogP contribution in [0.5, 0.6) is 0 Å². The molecule has 0 spiro atoms. The van der Waals surface area contributed by atoms with Crippen molar-refractivity contribution < 1.29 is 26.1 Å². The Morgan fingerprint density at radius 1 is 0.781 bits per heavy atom. The van der Waals surface area contributed by atoms with Gasteiger partial charge in [-0.15, -0.1) is 0 Å². The molecule has 2 N–H and O–H groups in total. The molecule has 0 saturated carbocycles. The molecular weight excluding hydrogens is 597 g/mol. The summed E-state index contributed by atoms with van der Waals surface area (Å²) in [4.78, 5) is 9.00. The van der Waals surface area contributed by atoms with Crippen LogP contribution in [0.2, 0.25) is 0 Å². The van der Waals surface area contributed by atoms with Crippen LogP contribution in [0.15, 0.2) is 79.4 Å². The van der Waals surface area contributed by atoms with Crippen molar-refractivity contribution in [1.82, 2.24) is 0 Å². The second-order valence-corrected chi connectivity index (χ2v) is 11.4. The first-order valence-corrected chi connectivity index (χ1v) is 13.0. The lowest BCUT2D eigenvalue weighted by Gasteiger charge is -2.12. The van der Waals surface area contributed by atoms with Crippen molar-refractivity contribution in [3.63, 3.8) is 0 Å². The lowest BCUT2D eigenvalue weighted by molar-refractivity contribution is -0.385. The van der Waals surface area contributed by atoms with E-state index in [1.807, 2.05) is 0 Å². The summed E-state index contributed by atoms with van der Waals surface area (Å²) in [6.45, 7) is 0. The molecule has 0 fully saturated rings. The van der Waals surface area contributed by atoms with Crippen LogP contribution in [-0.4, -0.2) is 21.8 Å². The number of nitrogens with one attached hydrogen (secondary N) is 2. The SMILES string of the molecule is O=[N+]([O-])c1cc(Br)cc(S(=O)(=O)Nc2ccc(F)c(S(=O)(=O)Nc3ccc(Br)cc3)c2)c1. The monoisotopic (exact) mass is 607 g/mol. The third-order valence-electron chi connectivity index (χ3n) is 3.95. The predicted octanol–water partition coefficient (Wildman–Crippen LogP) is 4.86. The van der Waals surface area contributed by atoms with Gasteiger partial charge in [0.15, 0.2) is 0 Å². The third kappa shape index (κ3) is 5.62. The van der Waals surface area contributed by atoms with Crippen LogP contribution in [-0.2, 0) is 20.0 Å². The molecule has 0 saturated heterocycles. The molecule has 0 aliphatic heterocycles. The van der Waals surface area contributed by atoms with Crippen molar-refractivity contribution in [3.05, 3.63) is 85.5 Å². The maximum atomic E-state index is 14.3. The number of hydrogen-bond acceptors (Lipinski definition) is 6. The molecule has 9 nitrogen and oxygen atoms in total. The number of sulfonamides is 2. The summed E-state index contributed by atoms with van der Waals surface area (Å²) in [5.41, 5.74) is -0.564. The zero-order chi connectivity index (χ0) is 23.7. The number of nitrogens with zero attached hydrogens (tertiary/aromatic N) is 1. The van der Waals surface area contributed by atoms with E-state index in [0.29, 0.717) is 4.47 Å². The van der Waals surface area contributed by atoms with Gasteiger partial charge in [0.05, 0.1) is 15.5 Å². The van der Waals surface area contributed by atoms with Crippen molar-refractivity contribution >= 4 is 69.0 Å². The fourth-order valence-electron chi connectivity index (χ4n) is 2.52.